The highest BCUT2D eigenvalue weighted by Crippen LogP contribution is 2.18. The Morgan fingerprint density at radius 2 is 2.21 bits per heavy atom. The zero-order valence-corrected chi connectivity index (χ0v) is 10.5. The first-order valence-corrected chi connectivity index (χ1v) is 5.79. The number of aromatic nitrogens is 1. The minimum absolute atomic E-state index is 0.0472. The summed E-state index contributed by atoms with van der Waals surface area (Å²) in [5, 5.41) is 11.6. The molecule has 19 heavy (non-hydrogen) atoms. The lowest BCUT2D eigenvalue weighted by atomic mass is 10.2. The van der Waals surface area contributed by atoms with Gasteiger partial charge >= 0.3 is 0 Å². The number of halogens is 2. The Morgan fingerprint density at radius 1 is 1.42 bits per heavy atom. The van der Waals surface area contributed by atoms with Gasteiger partial charge in [0.25, 0.3) is 5.91 Å². The van der Waals surface area contributed by atoms with E-state index >= 15 is 0 Å². The highest BCUT2D eigenvalue weighted by atomic mass is 35.5. The van der Waals surface area contributed by atoms with Gasteiger partial charge < -0.3 is 10.4 Å². The van der Waals surface area contributed by atoms with Crippen LogP contribution in [-0.4, -0.2) is 16.0 Å². The number of pyridine rings is 1. The van der Waals surface area contributed by atoms with Crippen LogP contribution in [0, 0.1) is 5.82 Å². The first kappa shape index (κ1) is 13.5. The summed E-state index contributed by atoms with van der Waals surface area (Å²) >= 11 is 5.54. The molecular weight excluding hydrogens is 271 g/mol. The number of nitrogens with one attached hydrogen (secondary N) is 1. The number of anilines is 1. The molecule has 98 valence electrons. The third-order valence-electron chi connectivity index (χ3n) is 2.51. The second-order valence-electron chi connectivity index (χ2n) is 3.77. The van der Waals surface area contributed by atoms with Gasteiger partial charge in [0.15, 0.2) is 0 Å². The number of hydrogen-bond donors (Lipinski definition) is 2. The first-order valence-electron chi connectivity index (χ1n) is 5.42. The number of aliphatic hydroxyl groups is 1. The number of benzene rings is 1. The molecule has 0 aliphatic heterocycles. The molecule has 1 aromatic heterocycles. The lowest BCUT2D eigenvalue weighted by molar-refractivity contribution is 0.102. The predicted octanol–water partition coefficient (Wildman–Crippen LogP) is 2.62. The summed E-state index contributed by atoms with van der Waals surface area (Å²) in [5.41, 5.74) is 1.04. The molecule has 1 aromatic carbocycles. The van der Waals surface area contributed by atoms with Crippen molar-refractivity contribution in [3.05, 3.63) is 58.6 Å². The lowest BCUT2D eigenvalue weighted by Crippen LogP contribution is -2.13. The fourth-order valence-electron chi connectivity index (χ4n) is 1.51. The highest BCUT2D eigenvalue weighted by molar-refractivity contribution is 6.30. The third kappa shape index (κ3) is 3.07. The van der Waals surface area contributed by atoms with E-state index in [9.17, 15) is 9.18 Å². The number of amides is 1. The van der Waals surface area contributed by atoms with Crippen LogP contribution in [0.1, 0.15) is 15.9 Å². The smallest absolute Gasteiger partial charge is 0.255 e. The van der Waals surface area contributed by atoms with E-state index in [4.69, 9.17) is 16.7 Å². The van der Waals surface area contributed by atoms with Crippen LogP contribution in [0.15, 0.2) is 36.7 Å². The fourth-order valence-corrected chi connectivity index (χ4v) is 1.62. The van der Waals surface area contributed by atoms with Crippen LogP contribution in [-0.2, 0) is 6.61 Å². The Kier molecular flexibility index (Phi) is 4.09. The van der Waals surface area contributed by atoms with Crippen molar-refractivity contribution in [1.82, 2.24) is 4.98 Å². The molecule has 0 bridgehead atoms. The summed E-state index contributed by atoms with van der Waals surface area (Å²) in [6.45, 7) is -0.229. The molecule has 0 saturated heterocycles. The highest BCUT2D eigenvalue weighted by Gasteiger charge is 2.11. The standard InChI is InChI=1S/C13H10ClFN2O2/c14-10-2-1-8(5-11(10)15)13(19)17-12-6-16-4-3-9(12)7-18/h1-6,18H,7H2,(H,17,19). The third-order valence-corrected chi connectivity index (χ3v) is 2.82. The Labute approximate surface area is 113 Å². The Morgan fingerprint density at radius 3 is 2.89 bits per heavy atom. The molecule has 2 rings (SSSR count). The number of nitrogens with zero attached hydrogens (tertiary/aromatic N) is 1. The SMILES string of the molecule is O=C(Nc1cnccc1CO)c1ccc(Cl)c(F)c1. The van der Waals surface area contributed by atoms with Crippen molar-refractivity contribution in [2.75, 3.05) is 5.32 Å². The van der Waals surface area contributed by atoms with E-state index in [0.29, 0.717) is 11.3 Å². The lowest BCUT2D eigenvalue weighted by Gasteiger charge is -2.08. The molecule has 0 fully saturated rings. The maximum absolute atomic E-state index is 13.3. The second-order valence-corrected chi connectivity index (χ2v) is 4.18. The summed E-state index contributed by atoms with van der Waals surface area (Å²) in [4.78, 5) is 15.8. The van der Waals surface area contributed by atoms with Crippen molar-refractivity contribution in [3.8, 4) is 0 Å². The zero-order chi connectivity index (χ0) is 13.8. The largest absolute Gasteiger partial charge is 0.392 e. The van der Waals surface area contributed by atoms with Crippen molar-refractivity contribution in [3.63, 3.8) is 0 Å². The predicted molar refractivity (Wildman–Crippen MR) is 69.5 cm³/mol. The van der Waals surface area contributed by atoms with E-state index < -0.39 is 11.7 Å². The number of carbonyl (C=O) groups excluding carboxylic acids is 1. The van der Waals surface area contributed by atoms with Gasteiger partial charge in [-0.25, -0.2) is 4.39 Å². The summed E-state index contributed by atoms with van der Waals surface area (Å²) in [6.07, 6.45) is 2.92. The number of rotatable bonds is 3. The average molecular weight is 281 g/mol. The molecule has 0 radical (unpaired) electrons. The molecule has 6 heteroatoms. The maximum atomic E-state index is 13.3. The molecule has 1 amide bonds. The van der Waals surface area contributed by atoms with Crippen LogP contribution in [0.4, 0.5) is 10.1 Å². The van der Waals surface area contributed by atoms with Crippen LogP contribution in [0.2, 0.25) is 5.02 Å². The summed E-state index contributed by atoms with van der Waals surface area (Å²) in [7, 11) is 0. The fraction of sp³-hybridized carbons (Fsp3) is 0.0769. The number of carbonyl (C=O) groups is 1. The summed E-state index contributed by atoms with van der Waals surface area (Å²) < 4.78 is 13.3. The Bertz CT molecular complexity index is 619. The molecule has 1 heterocycles. The molecular formula is C13H10ClFN2O2. The van der Waals surface area contributed by atoms with Gasteiger partial charge in [-0.05, 0) is 24.3 Å². The topological polar surface area (TPSA) is 62.2 Å². The zero-order valence-electron chi connectivity index (χ0n) is 9.73. The Hall–Kier alpha value is -1.98. The van der Waals surface area contributed by atoms with Crippen molar-refractivity contribution >= 4 is 23.2 Å². The van der Waals surface area contributed by atoms with Crippen molar-refractivity contribution in [2.45, 2.75) is 6.61 Å². The monoisotopic (exact) mass is 280 g/mol. The van der Waals surface area contributed by atoms with E-state index in [1.165, 1.54) is 24.5 Å². The van der Waals surface area contributed by atoms with Crippen LogP contribution in [0.3, 0.4) is 0 Å². The molecule has 0 aliphatic rings. The van der Waals surface area contributed by atoms with E-state index in [0.717, 1.165) is 6.07 Å². The molecule has 2 aromatic rings. The number of hydrogen-bond acceptors (Lipinski definition) is 3. The van der Waals surface area contributed by atoms with Gasteiger partial charge in [0.05, 0.1) is 23.5 Å². The quantitative estimate of drug-likeness (QED) is 0.908. The molecule has 0 unspecified atom stereocenters. The maximum Gasteiger partial charge on any atom is 0.255 e. The number of aliphatic hydroxyl groups excluding tert-OH is 1. The van der Waals surface area contributed by atoms with Gasteiger partial charge in [0.2, 0.25) is 0 Å². The minimum atomic E-state index is -0.664. The van der Waals surface area contributed by atoms with Crippen LogP contribution < -0.4 is 5.32 Å². The molecule has 4 nitrogen and oxygen atoms in total. The van der Waals surface area contributed by atoms with Gasteiger partial charge in [-0.2, -0.15) is 0 Å². The van der Waals surface area contributed by atoms with Gasteiger partial charge in [0.1, 0.15) is 5.82 Å². The molecule has 0 saturated carbocycles. The van der Waals surface area contributed by atoms with Gasteiger partial charge in [-0.15, -0.1) is 0 Å². The van der Waals surface area contributed by atoms with E-state index in [-0.39, 0.29) is 17.2 Å². The second kappa shape index (κ2) is 5.77. The van der Waals surface area contributed by atoms with Crippen molar-refractivity contribution in [1.29, 1.82) is 0 Å². The van der Waals surface area contributed by atoms with Gasteiger partial charge in [-0.3, -0.25) is 9.78 Å². The molecule has 2 N–H and O–H groups in total. The Balaban J connectivity index is 2.23. The van der Waals surface area contributed by atoms with Gasteiger partial charge in [0, 0.05) is 17.3 Å². The van der Waals surface area contributed by atoms with Gasteiger partial charge in [-0.1, -0.05) is 11.6 Å². The minimum Gasteiger partial charge on any atom is -0.392 e. The van der Waals surface area contributed by atoms with Crippen molar-refractivity contribution < 1.29 is 14.3 Å². The van der Waals surface area contributed by atoms with E-state index in [2.05, 4.69) is 10.3 Å². The normalized spacial score (nSPS) is 10.3. The van der Waals surface area contributed by atoms with E-state index in [1.807, 2.05) is 0 Å². The molecule has 0 aliphatic carbocycles. The van der Waals surface area contributed by atoms with Crippen LogP contribution in [0.25, 0.3) is 0 Å². The first-order chi connectivity index (χ1) is 9.11. The summed E-state index contributed by atoms with van der Waals surface area (Å²) in [6, 6.07) is 5.35. The average Bonchev–Trinajstić information content (AvgIpc) is 2.42. The van der Waals surface area contributed by atoms with Crippen molar-refractivity contribution in [2.24, 2.45) is 0 Å². The molecule has 0 atom stereocenters. The van der Waals surface area contributed by atoms with Crippen LogP contribution >= 0.6 is 11.6 Å². The summed E-state index contributed by atoms with van der Waals surface area (Å²) in [5.74, 6) is -1.17. The van der Waals surface area contributed by atoms with E-state index in [1.54, 1.807) is 6.07 Å². The van der Waals surface area contributed by atoms with Crippen LogP contribution in [0.5, 0.6) is 0 Å². The molecule has 0 spiro atoms.